The van der Waals surface area contributed by atoms with Crippen molar-refractivity contribution in [2.24, 2.45) is 0 Å². The Morgan fingerprint density at radius 3 is 2.67 bits per heavy atom. The molecule has 1 rings (SSSR count). The predicted octanol–water partition coefficient (Wildman–Crippen LogP) is 1.66. The summed E-state index contributed by atoms with van der Waals surface area (Å²) in [4.78, 5) is 0. The molecular weight excluding hydrogens is 176 g/mol. The van der Waals surface area contributed by atoms with Gasteiger partial charge in [-0.15, -0.1) is 10.5 Å². The third-order valence-electron chi connectivity index (χ3n) is 1.79. The molecule has 0 amide bonds. The Balaban J connectivity index is 2.32. The Morgan fingerprint density at radius 2 is 2.25 bits per heavy atom. The molecule has 72 valence electrons. The summed E-state index contributed by atoms with van der Waals surface area (Å²) in [6.07, 6.45) is 2.45. The quantitative estimate of drug-likeness (QED) is 0.514. The highest BCUT2D eigenvalue weighted by atomic mass is 32.2. The van der Waals surface area contributed by atoms with Crippen LogP contribution in [0.5, 0.6) is 0 Å². The molecule has 2 N–H and O–H groups in total. The van der Waals surface area contributed by atoms with Crippen LogP contribution in [0, 0.1) is 0 Å². The van der Waals surface area contributed by atoms with Crippen molar-refractivity contribution in [3.05, 3.63) is 0 Å². The van der Waals surface area contributed by atoms with Gasteiger partial charge in [0.1, 0.15) is 0 Å². The summed E-state index contributed by atoms with van der Waals surface area (Å²) >= 11 is 0. The molecular formula is C8H16O3S. The van der Waals surface area contributed by atoms with Crippen LogP contribution in [-0.4, -0.2) is 39.7 Å². The first-order chi connectivity index (χ1) is 5.74. The summed E-state index contributed by atoms with van der Waals surface area (Å²) in [5, 5.41) is 17.5. The van der Waals surface area contributed by atoms with Crippen LogP contribution in [0.2, 0.25) is 0 Å². The van der Waals surface area contributed by atoms with E-state index in [9.17, 15) is 0 Å². The second-order valence-corrected chi connectivity index (χ2v) is 5.05. The third kappa shape index (κ3) is 3.67. The van der Waals surface area contributed by atoms with Crippen molar-refractivity contribution >= 4 is 15.7 Å². The van der Waals surface area contributed by atoms with Crippen LogP contribution >= 0.6 is 10.5 Å². The fourth-order valence-electron chi connectivity index (χ4n) is 0.956. The molecule has 0 aromatic heterocycles. The van der Waals surface area contributed by atoms with Gasteiger partial charge in [0, 0.05) is 5.75 Å². The van der Waals surface area contributed by atoms with Gasteiger partial charge in [0.25, 0.3) is 0 Å². The third-order valence-corrected chi connectivity index (χ3v) is 3.86. The normalized spacial score (nSPS) is 23.8. The molecule has 2 atom stereocenters. The van der Waals surface area contributed by atoms with Crippen LogP contribution in [0.25, 0.3) is 0 Å². The zero-order valence-corrected chi connectivity index (χ0v) is 8.14. The highest BCUT2D eigenvalue weighted by Crippen LogP contribution is 2.23. The molecule has 1 aliphatic rings. The number of rotatable bonds is 5. The molecule has 0 aliphatic carbocycles. The maximum Gasteiger partial charge on any atom is 0.205 e. The van der Waals surface area contributed by atoms with Gasteiger partial charge in [-0.3, -0.25) is 0 Å². The van der Waals surface area contributed by atoms with E-state index in [0.717, 1.165) is 31.0 Å². The summed E-state index contributed by atoms with van der Waals surface area (Å²) < 4.78 is 5.04. The average molecular weight is 192 g/mol. The summed E-state index contributed by atoms with van der Waals surface area (Å²) in [6, 6.07) is 0. The standard InChI is InChI=1S/C8H16O3S/c1-2-3-4-12(8(9)10)6-7-5-11-7/h7,9-10H,2-6H2,1H3. The lowest BCUT2D eigenvalue weighted by Gasteiger charge is -2.06. The van der Waals surface area contributed by atoms with Crippen molar-refractivity contribution in [1.29, 1.82) is 0 Å². The fraction of sp³-hybridized carbons (Fsp3) is 0.875. The van der Waals surface area contributed by atoms with Crippen molar-refractivity contribution in [2.75, 3.05) is 18.1 Å². The Morgan fingerprint density at radius 1 is 1.58 bits per heavy atom. The molecule has 1 heterocycles. The number of aliphatic hydroxyl groups is 2. The predicted molar refractivity (Wildman–Crippen MR) is 52.2 cm³/mol. The number of hydrogen-bond acceptors (Lipinski definition) is 1. The van der Waals surface area contributed by atoms with Gasteiger partial charge in [-0.2, -0.15) is 0 Å². The van der Waals surface area contributed by atoms with E-state index < -0.39 is 0 Å². The topological polar surface area (TPSA) is 53.0 Å². The lowest BCUT2D eigenvalue weighted by atomic mass is 10.4. The van der Waals surface area contributed by atoms with Gasteiger partial charge in [-0.25, -0.2) is 0 Å². The molecule has 0 aromatic rings. The highest BCUT2D eigenvalue weighted by molar-refractivity contribution is 8.15. The number of epoxide rings is 1. The monoisotopic (exact) mass is 192 g/mol. The summed E-state index contributed by atoms with van der Waals surface area (Å²) in [5.74, 6) is 1.68. The van der Waals surface area contributed by atoms with Crippen LogP contribution in [0.1, 0.15) is 19.8 Å². The van der Waals surface area contributed by atoms with E-state index in [4.69, 9.17) is 14.9 Å². The maximum atomic E-state index is 8.94. The van der Waals surface area contributed by atoms with Crippen LogP contribution in [-0.2, 0) is 4.74 Å². The first-order valence-corrected chi connectivity index (χ1v) is 5.84. The zero-order chi connectivity index (χ0) is 8.97. The Hall–Kier alpha value is 0.100. The molecule has 0 saturated carbocycles. The molecule has 1 fully saturated rings. The van der Waals surface area contributed by atoms with E-state index in [2.05, 4.69) is 6.92 Å². The van der Waals surface area contributed by atoms with E-state index in [1.165, 1.54) is 0 Å². The minimum Gasteiger partial charge on any atom is -0.372 e. The lowest BCUT2D eigenvalue weighted by Crippen LogP contribution is -2.04. The first kappa shape index (κ1) is 10.2. The molecule has 0 bridgehead atoms. The van der Waals surface area contributed by atoms with Gasteiger partial charge >= 0.3 is 0 Å². The number of aliphatic hydroxyl groups excluding tert-OH is 1. The van der Waals surface area contributed by atoms with Crippen molar-refractivity contribution in [3.63, 3.8) is 0 Å². The smallest absolute Gasteiger partial charge is 0.205 e. The van der Waals surface area contributed by atoms with Crippen molar-refractivity contribution in [1.82, 2.24) is 0 Å². The summed E-state index contributed by atoms with van der Waals surface area (Å²) in [6.45, 7) is 2.90. The second-order valence-electron chi connectivity index (χ2n) is 2.96. The second kappa shape index (κ2) is 4.97. The maximum absolute atomic E-state index is 8.94. The molecule has 3 nitrogen and oxygen atoms in total. The van der Waals surface area contributed by atoms with Gasteiger partial charge < -0.3 is 14.9 Å². The zero-order valence-electron chi connectivity index (χ0n) is 7.32. The van der Waals surface area contributed by atoms with E-state index in [1.807, 2.05) is 0 Å². The minimum atomic E-state index is -0.390. The number of ether oxygens (including phenoxy) is 1. The van der Waals surface area contributed by atoms with Crippen molar-refractivity contribution in [2.45, 2.75) is 25.9 Å². The molecule has 1 aliphatic heterocycles. The Bertz CT molecular complexity index is 171. The Kier molecular flexibility index (Phi) is 4.21. The molecule has 0 aromatic carbocycles. The Labute approximate surface area is 75.3 Å². The van der Waals surface area contributed by atoms with Gasteiger partial charge in [0.05, 0.1) is 12.7 Å². The van der Waals surface area contributed by atoms with Crippen LogP contribution in [0.15, 0.2) is 0 Å². The largest absolute Gasteiger partial charge is 0.372 e. The van der Waals surface area contributed by atoms with E-state index in [0.29, 0.717) is 6.10 Å². The fourth-order valence-corrected chi connectivity index (χ4v) is 2.73. The van der Waals surface area contributed by atoms with E-state index in [-0.39, 0.29) is 15.7 Å². The van der Waals surface area contributed by atoms with Gasteiger partial charge in [-0.05, 0) is 12.2 Å². The van der Waals surface area contributed by atoms with E-state index >= 15 is 0 Å². The summed E-state index contributed by atoms with van der Waals surface area (Å²) in [7, 11) is -0.341. The van der Waals surface area contributed by atoms with Crippen molar-refractivity contribution < 1.29 is 14.9 Å². The van der Waals surface area contributed by atoms with E-state index in [1.54, 1.807) is 0 Å². The molecule has 0 radical (unpaired) electrons. The lowest BCUT2D eigenvalue weighted by molar-refractivity contribution is 0.384. The van der Waals surface area contributed by atoms with Crippen molar-refractivity contribution in [3.8, 4) is 0 Å². The minimum absolute atomic E-state index is 0.291. The average Bonchev–Trinajstić information content (AvgIpc) is 2.80. The molecule has 0 spiro atoms. The highest BCUT2D eigenvalue weighted by Gasteiger charge is 2.24. The van der Waals surface area contributed by atoms with Crippen LogP contribution in [0.3, 0.4) is 0 Å². The first-order valence-electron chi connectivity index (χ1n) is 4.28. The van der Waals surface area contributed by atoms with Gasteiger partial charge in [0.15, 0.2) is 0 Å². The molecule has 12 heavy (non-hydrogen) atoms. The summed E-state index contributed by atoms with van der Waals surface area (Å²) in [5.41, 5.74) is 0. The number of hydrogen-bond donors (Lipinski definition) is 2. The van der Waals surface area contributed by atoms with Crippen LogP contribution in [0.4, 0.5) is 0 Å². The molecule has 1 saturated heterocycles. The molecule has 4 heteroatoms. The van der Waals surface area contributed by atoms with Gasteiger partial charge in [0.2, 0.25) is 5.24 Å². The van der Waals surface area contributed by atoms with Gasteiger partial charge in [-0.1, -0.05) is 13.3 Å². The molecule has 2 unspecified atom stereocenters. The SMILES string of the molecule is CCCCS(CC1CO1)=C(O)O. The number of unbranched alkanes of at least 4 members (excludes halogenated alkanes) is 1. The van der Waals surface area contributed by atoms with Crippen LogP contribution < -0.4 is 0 Å².